The average Bonchev–Trinajstić information content (AvgIpc) is 3.58. The number of ether oxygens (including phenoxy) is 1. The van der Waals surface area contributed by atoms with Gasteiger partial charge in [0.05, 0.1) is 22.9 Å². The van der Waals surface area contributed by atoms with E-state index < -0.39 is 6.36 Å². The van der Waals surface area contributed by atoms with Crippen molar-refractivity contribution in [1.82, 2.24) is 15.3 Å². The standard InChI is InChI=1S/C23H22F3N5O/c1-28-12-16(11-27)22-13-29-20-8-7-18(10-21(20)30-22)31(14-15-5-6-15)17-3-2-4-19(9-17)32-23(24,25)26/h2-4,7-13,15,27-28H,5-6,14H2,1H3/b16-12+,27-11?. The zero-order valence-corrected chi connectivity index (χ0v) is 17.4. The van der Waals surface area contributed by atoms with Crippen molar-refractivity contribution in [3.05, 3.63) is 60.6 Å². The van der Waals surface area contributed by atoms with Crippen LogP contribution in [0.2, 0.25) is 0 Å². The van der Waals surface area contributed by atoms with E-state index >= 15 is 0 Å². The summed E-state index contributed by atoms with van der Waals surface area (Å²) in [6.07, 6.45) is 1.90. The van der Waals surface area contributed by atoms with Crippen molar-refractivity contribution in [2.45, 2.75) is 19.2 Å². The van der Waals surface area contributed by atoms with Crippen molar-refractivity contribution < 1.29 is 17.9 Å². The molecule has 0 radical (unpaired) electrons. The van der Waals surface area contributed by atoms with Gasteiger partial charge in [-0.2, -0.15) is 0 Å². The Morgan fingerprint density at radius 3 is 2.66 bits per heavy atom. The second-order valence-electron chi connectivity index (χ2n) is 7.56. The molecule has 32 heavy (non-hydrogen) atoms. The Morgan fingerprint density at radius 1 is 1.19 bits per heavy atom. The summed E-state index contributed by atoms with van der Waals surface area (Å²) in [5, 5.41) is 10.5. The lowest BCUT2D eigenvalue weighted by Gasteiger charge is -2.26. The van der Waals surface area contributed by atoms with Gasteiger partial charge >= 0.3 is 6.36 Å². The maximum Gasteiger partial charge on any atom is 0.573 e. The van der Waals surface area contributed by atoms with Crippen molar-refractivity contribution in [3.8, 4) is 5.75 Å². The van der Waals surface area contributed by atoms with E-state index in [1.807, 2.05) is 23.1 Å². The van der Waals surface area contributed by atoms with Crippen LogP contribution in [0.3, 0.4) is 0 Å². The Kier molecular flexibility index (Phi) is 5.98. The molecule has 3 aromatic rings. The molecule has 1 heterocycles. The van der Waals surface area contributed by atoms with Crippen LogP contribution in [0.1, 0.15) is 18.5 Å². The number of benzene rings is 2. The molecule has 0 saturated heterocycles. The number of aromatic nitrogens is 2. The zero-order chi connectivity index (χ0) is 22.7. The first-order chi connectivity index (χ1) is 15.4. The van der Waals surface area contributed by atoms with Gasteiger partial charge in [0.1, 0.15) is 5.75 Å². The third-order valence-corrected chi connectivity index (χ3v) is 5.09. The summed E-state index contributed by atoms with van der Waals surface area (Å²) in [6.45, 7) is 0.680. The minimum Gasteiger partial charge on any atom is -0.406 e. The molecule has 1 aromatic heterocycles. The average molecular weight is 441 g/mol. The third kappa shape index (κ3) is 5.16. The highest BCUT2D eigenvalue weighted by molar-refractivity contribution is 6.07. The topological polar surface area (TPSA) is 74.1 Å². The smallest absolute Gasteiger partial charge is 0.406 e. The van der Waals surface area contributed by atoms with E-state index in [-0.39, 0.29) is 5.75 Å². The van der Waals surface area contributed by atoms with Gasteiger partial charge < -0.3 is 20.4 Å². The van der Waals surface area contributed by atoms with Gasteiger partial charge in [0.25, 0.3) is 0 Å². The van der Waals surface area contributed by atoms with Crippen LogP contribution < -0.4 is 15.0 Å². The lowest BCUT2D eigenvalue weighted by molar-refractivity contribution is -0.274. The van der Waals surface area contributed by atoms with E-state index in [2.05, 4.69) is 20.0 Å². The Bertz CT molecular complexity index is 1160. The number of rotatable bonds is 8. The number of hydrogen-bond donors (Lipinski definition) is 2. The van der Waals surface area contributed by atoms with E-state index in [1.165, 1.54) is 18.3 Å². The normalized spacial score (nSPS) is 14.3. The lowest BCUT2D eigenvalue weighted by atomic mass is 10.1. The Morgan fingerprint density at radius 2 is 1.97 bits per heavy atom. The molecule has 166 valence electrons. The molecular formula is C23H22F3N5O. The summed E-state index contributed by atoms with van der Waals surface area (Å²) >= 11 is 0. The molecule has 9 heteroatoms. The van der Waals surface area contributed by atoms with Crippen LogP contribution >= 0.6 is 0 Å². The van der Waals surface area contributed by atoms with Crippen LogP contribution in [0.25, 0.3) is 16.6 Å². The van der Waals surface area contributed by atoms with Gasteiger partial charge in [-0.1, -0.05) is 6.07 Å². The molecular weight excluding hydrogens is 419 g/mol. The summed E-state index contributed by atoms with van der Waals surface area (Å²) < 4.78 is 42.2. The van der Waals surface area contributed by atoms with Crippen molar-refractivity contribution in [3.63, 3.8) is 0 Å². The minimum absolute atomic E-state index is 0.258. The first-order valence-corrected chi connectivity index (χ1v) is 10.1. The number of fused-ring (bicyclic) bond motifs is 1. The van der Waals surface area contributed by atoms with Crippen molar-refractivity contribution in [2.75, 3.05) is 18.5 Å². The second-order valence-corrected chi connectivity index (χ2v) is 7.56. The number of hydrogen-bond acceptors (Lipinski definition) is 6. The molecule has 1 aliphatic carbocycles. The highest BCUT2D eigenvalue weighted by Gasteiger charge is 2.31. The van der Waals surface area contributed by atoms with Crippen LogP contribution in [0.15, 0.2) is 54.9 Å². The molecule has 0 atom stereocenters. The van der Waals surface area contributed by atoms with Crippen LogP contribution in [-0.4, -0.2) is 36.1 Å². The van der Waals surface area contributed by atoms with Gasteiger partial charge in [0, 0.05) is 49.0 Å². The van der Waals surface area contributed by atoms with Gasteiger partial charge in [0.15, 0.2) is 0 Å². The number of halogens is 3. The molecule has 2 aromatic carbocycles. The molecule has 1 fully saturated rings. The quantitative estimate of drug-likeness (QED) is 0.465. The molecule has 1 aliphatic rings. The number of nitrogens with one attached hydrogen (secondary N) is 2. The first kappa shape index (κ1) is 21.6. The Balaban J connectivity index is 1.73. The summed E-state index contributed by atoms with van der Waals surface area (Å²) in [6, 6.07) is 11.6. The van der Waals surface area contributed by atoms with E-state index in [4.69, 9.17) is 5.41 Å². The summed E-state index contributed by atoms with van der Waals surface area (Å²) in [7, 11) is 1.74. The summed E-state index contributed by atoms with van der Waals surface area (Å²) in [5.74, 6) is 0.227. The maximum atomic E-state index is 12.7. The third-order valence-electron chi connectivity index (χ3n) is 5.09. The van der Waals surface area contributed by atoms with Crippen LogP contribution in [0.5, 0.6) is 5.75 Å². The molecule has 0 aliphatic heterocycles. The molecule has 0 unspecified atom stereocenters. The van der Waals surface area contributed by atoms with E-state index in [9.17, 15) is 13.2 Å². The van der Waals surface area contributed by atoms with Crippen molar-refractivity contribution >= 4 is 34.2 Å². The predicted molar refractivity (Wildman–Crippen MR) is 118 cm³/mol. The fraction of sp³-hybridized carbons (Fsp3) is 0.261. The van der Waals surface area contributed by atoms with Crippen molar-refractivity contribution in [2.24, 2.45) is 5.92 Å². The number of anilines is 2. The highest BCUT2D eigenvalue weighted by Crippen LogP contribution is 2.37. The van der Waals surface area contributed by atoms with Gasteiger partial charge in [-0.3, -0.25) is 4.98 Å². The molecule has 0 amide bonds. The summed E-state index contributed by atoms with van der Waals surface area (Å²) in [4.78, 5) is 11.1. The summed E-state index contributed by atoms with van der Waals surface area (Å²) in [5.41, 5.74) is 3.86. The van der Waals surface area contributed by atoms with E-state index in [0.29, 0.717) is 40.5 Å². The fourth-order valence-corrected chi connectivity index (χ4v) is 3.42. The predicted octanol–water partition coefficient (Wildman–Crippen LogP) is 5.29. The van der Waals surface area contributed by atoms with Gasteiger partial charge in [-0.05, 0) is 49.1 Å². The first-order valence-electron chi connectivity index (χ1n) is 10.1. The Labute approximate surface area is 183 Å². The van der Waals surface area contributed by atoms with Crippen molar-refractivity contribution in [1.29, 1.82) is 5.41 Å². The minimum atomic E-state index is -4.75. The second kappa shape index (κ2) is 8.86. The van der Waals surface area contributed by atoms with Gasteiger partial charge in [-0.25, -0.2) is 4.98 Å². The molecule has 0 bridgehead atoms. The fourth-order valence-electron chi connectivity index (χ4n) is 3.42. The number of alkyl halides is 3. The highest BCUT2D eigenvalue weighted by atomic mass is 19.4. The lowest BCUT2D eigenvalue weighted by Crippen LogP contribution is -2.21. The monoisotopic (exact) mass is 441 g/mol. The SMILES string of the molecule is CN/C=C(\C=N)c1cnc2ccc(N(CC3CC3)c3cccc(OC(F)(F)F)c3)cc2n1. The zero-order valence-electron chi connectivity index (χ0n) is 17.4. The largest absolute Gasteiger partial charge is 0.573 e. The van der Waals surface area contributed by atoms with E-state index in [1.54, 1.807) is 31.6 Å². The van der Waals surface area contributed by atoms with Crippen LogP contribution in [0.4, 0.5) is 24.5 Å². The molecule has 2 N–H and O–H groups in total. The van der Waals surface area contributed by atoms with E-state index in [0.717, 1.165) is 18.5 Å². The van der Waals surface area contributed by atoms with Gasteiger partial charge in [0.2, 0.25) is 0 Å². The number of allylic oxidation sites excluding steroid dienone is 1. The van der Waals surface area contributed by atoms with Crippen LogP contribution in [0, 0.1) is 11.3 Å². The van der Waals surface area contributed by atoms with Crippen LogP contribution in [-0.2, 0) is 0 Å². The molecule has 6 nitrogen and oxygen atoms in total. The number of nitrogens with zero attached hydrogens (tertiary/aromatic N) is 3. The maximum absolute atomic E-state index is 12.7. The van der Waals surface area contributed by atoms with Gasteiger partial charge in [-0.15, -0.1) is 13.2 Å². The molecule has 1 saturated carbocycles. The molecule has 0 spiro atoms. The molecule has 4 rings (SSSR count). The Hall–Kier alpha value is -3.62.